The molecule has 0 saturated heterocycles. The predicted octanol–water partition coefficient (Wildman–Crippen LogP) is 2.71. The molecule has 0 aliphatic heterocycles. The molecule has 1 aromatic heterocycles. The Kier molecular flexibility index (Phi) is 3.99. The van der Waals surface area contributed by atoms with Gasteiger partial charge < -0.3 is 10.0 Å². The number of aryl methyl sites for hydroxylation is 2. The molecule has 2 aromatic rings. The average Bonchev–Trinajstić information content (AvgIpc) is 3.23. The molecular formula is C18H20FN3O2. The number of aromatic nitrogens is 2. The van der Waals surface area contributed by atoms with E-state index in [9.17, 15) is 14.3 Å². The van der Waals surface area contributed by atoms with Gasteiger partial charge in [0.1, 0.15) is 11.6 Å². The monoisotopic (exact) mass is 329 g/mol. The quantitative estimate of drug-likeness (QED) is 0.913. The Balaban J connectivity index is 1.92. The van der Waals surface area contributed by atoms with Crippen LogP contribution in [0.2, 0.25) is 0 Å². The molecule has 5 nitrogen and oxygen atoms in total. The van der Waals surface area contributed by atoms with Crippen molar-refractivity contribution in [1.82, 2.24) is 9.97 Å². The Labute approximate surface area is 140 Å². The van der Waals surface area contributed by atoms with Crippen LogP contribution >= 0.6 is 0 Å². The lowest BCUT2D eigenvalue weighted by atomic mass is 9.92. The molecule has 126 valence electrons. The Hall–Kier alpha value is -2.50. The Morgan fingerprint density at radius 3 is 2.79 bits per heavy atom. The summed E-state index contributed by atoms with van der Waals surface area (Å²) in [6.45, 7) is 4.20. The van der Waals surface area contributed by atoms with Gasteiger partial charge in [-0.15, -0.1) is 0 Å². The van der Waals surface area contributed by atoms with E-state index in [0.717, 1.165) is 16.9 Å². The first kappa shape index (κ1) is 16.4. The van der Waals surface area contributed by atoms with E-state index in [1.165, 1.54) is 12.1 Å². The fraction of sp³-hybridized carbons (Fsp3) is 0.389. The van der Waals surface area contributed by atoms with E-state index < -0.39 is 17.3 Å². The van der Waals surface area contributed by atoms with E-state index in [2.05, 4.69) is 9.97 Å². The summed E-state index contributed by atoms with van der Waals surface area (Å²) in [6, 6.07) is 6.24. The number of carboxylic acid groups (broad SMARTS) is 1. The molecule has 0 bridgehead atoms. The molecule has 0 radical (unpaired) electrons. The molecule has 1 aromatic carbocycles. The Bertz CT molecular complexity index is 796. The van der Waals surface area contributed by atoms with E-state index in [-0.39, 0.29) is 5.82 Å². The zero-order valence-corrected chi connectivity index (χ0v) is 14.0. The number of hydrogen-bond donors (Lipinski definition) is 1. The number of aliphatic carboxylic acids is 1. The molecule has 0 amide bonds. The van der Waals surface area contributed by atoms with Crippen molar-refractivity contribution < 1.29 is 14.3 Å². The van der Waals surface area contributed by atoms with Crippen molar-refractivity contribution >= 4 is 11.7 Å². The number of anilines is 1. The third-order valence-corrected chi connectivity index (χ3v) is 4.78. The summed E-state index contributed by atoms with van der Waals surface area (Å²) in [5, 5.41) is 9.46. The van der Waals surface area contributed by atoms with E-state index in [0.29, 0.717) is 18.8 Å². The van der Waals surface area contributed by atoms with Crippen molar-refractivity contribution in [2.45, 2.75) is 25.7 Å². The molecule has 1 heterocycles. The zero-order chi connectivity index (χ0) is 17.5. The number of carboxylic acids is 1. The first-order valence-corrected chi connectivity index (χ1v) is 7.84. The second-order valence-corrected chi connectivity index (χ2v) is 6.51. The number of carbonyl (C=O) groups is 1. The van der Waals surface area contributed by atoms with E-state index in [1.807, 2.05) is 25.8 Å². The van der Waals surface area contributed by atoms with Crippen molar-refractivity contribution in [3.05, 3.63) is 53.4 Å². The second-order valence-electron chi connectivity index (χ2n) is 6.51. The molecule has 0 unspecified atom stereocenters. The summed E-state index contributed by atoms with van der Waals surface area (Å²) < 4.78 is 13.6. The summed E-state index contributed by atoms with van der Waals surface area (Å²) in [5.41, 5.74) is 1.84. The van der Waals surface area contributed by atoms with Crippen LogP contribution in [-0.4, -0.2) is 34.6 Å². The fourth-order valence-corrected chi connectivity index (χ4v) is 3.47. The first-order valence-electron chi connectivity index (χ1n) is 7.84. The van der Waals surface area contributed by atoms with E-state index in [1.54, 1.807) is 18.3 Å². The smallest absolute Gasteiger partial charge is 0.307 e. The number of benzene rings is 1. The van der Waals surface area contributed by atoms with Crippen LogP contribution in [0.15, 0.2) is 30.5 Å². The summed E-state index contributed by atoms with van der Waals surface area (Å²) in [4.78, 5) is 22.1. The fourth-order valence-electron chi connectivity index (χ4n) is 3.47. The number of rotatable bonds is 5. The molecule has 24 heavy (non-hydrogen) atoms. The van der Waals surface area contributed by atoms with Crippen molar-refractivity contribution in [3.8, 4) is 0 Å². The maximum Gasteiger partial charge on any atom is 0.307 e. The largest absolute Gasteiger partial charge is 0.481 e. The van der Waals surface area contributed by atoms with Crippen molar-refractivity contribution in [1.29, 1.82) is 0 Å². The molecule has 1 aliphatic carbocycles. The van der Waals surface area contributed by atoms with Gasteiger partial charge >= 0.3 is 5.97 Å². The minimum Gasteiger partial charge on any atom is -0.481 e. The minimum absolute atomic E-state index is 0.347. The molecule has 1 aliphatic rings. The SMILES string of the molecule is Cc1ncc(N(C)C[C@@]2(c3cccc(F)c3)C[C@H]2C(=O)O)c(C)n1. The lowest BCUT2D eigenvalue weighted by Crippen LogP contribution is -2.32. The summed E-state index contributed by atoms with van der Waals surface area (Å²) in [6.07, 6.45) is 2.25. The molecule has 2 atom stereocenters. The molecule has 3 rings (SSSR count). The van der Waals surface area contributed by atoms with Gasteiger partial charge in [-0.3, -0.25) is 4.79 Å². The molecular weight excluding hydrogens is 309 g/mol. The van der Waals surface area contributed by atoms with Crippen LogP contribution < -0.4 is 4.90 Å². The number of halogens is 1. The highest BCUT2D eigenvalue weighted by molar-refractivity contribution is 5.77. The molecule has 6 heteroatoms. The molecule has 1 N–H and O–H groups in total. The van der Waals surface area contributed by atoms with Gasteiger partial charge in [-0.2, -0.15) is 0 Å². The van der Waals surface area contributed by atoms with Crippen LogP contribution in [0.1, 0.15) is 23.5 Å². The van der Waals surface area contributed by atoms with Gasteiger partial charge in [-0.25, -0.2) is 14.4 Å². The molecule has 1 saturated carbocycles. The van der Waals surface area contributed by atoms with Crippen LogP contribution in [0.3, 0.4) is 0 Å². The minimum atomic E-state index is -0.843. The van der Waals surface area contributed by atoms with Crippen LogP contribution in [0.25, 0.3) is 0 Å². The summed E-state index contributed by atoms with van der Waals surface area (Å²) in [5.74, 6) is -1.00. The standard InChI is InChI=1S/C18H20FN3O2/c1-11-16(9-20-12(2)21-11)22(3)10-18(8-15(18)17(23)24)13-5-4-6-14(19)7-13/h4-7,9,15H,8,10H2,1-3H3,(H,23,24)/t15-,18+/m0/s1. The van der Waals surface area contributed by atoms with E-state index >= 15 is 0 Å². The van der Waals surface area contributed by atoms with Crippen LogP contribution in [0.5, 0.6) is 0 Å². The lowest BCUT2D eigenvalue weighted by Gasteiger charge is -2.27. The van der Waals surface area contributed by atoms with Crippen molar-refractivity contribution in [2.24, 2.45) is 5.92 Å². The molecule has 1 fully saturated rings. The highest BCUT2D eigenvalue weighted by Gasteiger charge is 2.60. The van der Waals surface area contributed by atoms with Gasteiger partial charge in [-0.05, 0) is 38.0 Å². The highest BCUT2D eigenvalue weighted by atomic mass is 19.1. The maximum atomic E-state index is 13.6. The normalized spacial score (nSPS) is 22.2. The average molecular weight is 329 g/mol. The number of likely N-dealkylation sites (N-methyl/N-ethyl adjacent to an activating group) is 1. The highest BCUT2D eigenvalue weighted by Crippen LogP contribution is 2.55. The predicted molar refractivity (Wildman–Crippen MR) is 88.6 cm³/mol. The topological polar surface area (TPSA) is 66.3 Å². The van der Waals surface area contributed by atoms with Crippen LogP contribution in [0.4, 0.5) is 10.1 Å². The van der Waals surface area contributed by atoms with Crippen molar-refractivity contribution in [2.75, 3.05) is 18.5 Å². The van der Waals surface area contributed by atoms with Gasteiger partial charge in [0, 0.05) is 19.0 Å². The number of hydrogen-bond acceptors (Lipinski definition) is 4. The Morgan fingerprint density at radius 1 is 1.46 bits per heavy atom. The summed E-state index contributed by atoms with van der Waals surface area (Å²) >= 11 is 0. The summed E-state index contributed by atoms with van der Waals surface area (Å²) in [7, 11) is 1.89. The van der Waals surface area contributed by atoms with Crippen molar-refractivity contribution in [3.63, 3.8) is 0 Å². The lowest BCUT2D eigenvalue weighted by molar-refractivity contribution is -0.139. The van der Waals surface area contributed by atoms with Crippen LogP contribution in [0, 0.1) is 25.6 Å². The first-order chi connectivity index (χ1) is 11.3. The molecule has 0 spiro atoms. The number of nitrogens with zero attached hydrogens (tertiary/aromatic N) is 3. The van der Waals surface area contributed by atoms with Gasteiger partial charge in [0.25, 0.3) is 0 Å². The van der Waals surface area contributed by atoms with Gasteiger partial charge in [0.05, 0.1) is 23.5 Å². The van der Waals surface area contributed by atoms with Gasteiger partial charge in [-0.1, -0.05) is 12.1 Å². The third kappa shape index (κ3) is 2.84. The zero-order valence-electron chi connectivity index (χ0n) is 14.0. The maximum absolute atomic E-state index is 13.6. The van der Waals surface area contributed by atoms with Gasteiger partial charge in [0.15, 0.2) is 0 Å². The van der Waals surface area contributed by atoms with E-state index in [4.69, 9.17) is 0 Å². The second kappa shape index (κ2) is 5.85. The van der Waals surface area contributed by atoms with Gasteiger partial charge in [0.2, 0.25) is 0 Å². The Morgan fingerprint density at radius 2 is 2.21 bits per heavy atom. The third-order valence-electron chi connectivity index (χ3n) is 4.78. The van der Waals surface area contributed by atoms with Crippen LogP contribution in [-0.2, 0) is 10.2 Å².